The summed E-state index contributed by atoms with van der Waals surface area (Å²) >= 11 is 0. The summed E-state index contributed by atoms with van der Waals surface area (Å²) in [5.41, 5.74) is 5.16. The van der Waals surface area contributed by atoms with Crippen LogP contribution in [0.2, 0.25) is 0 Å². The number of nitrogens with zero attached hydrogens (tertiary/aromatic N) is 1. The van der Waals surface area contributed by atoms with Crippen LogP contribution in [0.1, 0.15) is 40.0 Å². The molecule has 2 fully saturated rings. The summed E-state index contributed by atoms with van der Waals surface area (Å²) < 4.78 is 0. The number of hydrogen-bond donors (Lipinski definition) is 3. The highest BCUT2D eigenvalue weighted by Gasteiger charge is 2.51. The average molecular weight is 296 g/mol. The molecule has 0 radical (unpaired) electrons. The molecule has 0 aliphatic carbocycles. The van der Waals surface area contributed by atoms with E-state index in [2.05, 4.69) is 31.4 Å². The second kappa shape index (κ2) is 5.29. The van der Waals surface area contributed by atoms with E-state index in [1.54, 1.807) is 4.90 Å². The quantitative estimate of drug-likeness (QED) is 0.635. The van der Waals surface area contributed by atoms with Gasteiger partial charge in [0, 0.05) is 19.0 Å². The van der Waals surface area contributed by atoms with E-state index in [0.717, 1.165) is 6.42 Å². The first-order valence-electron chi connectivity index (χ1n) is 7.28. The number of nitrogens with one attached hydrogen (secondary N) is 2. The SMILES string of the molecule is CC(C)(C)CC(N)CC(=O)N1CCC2(C1)NC(=O)NC2=O. The molecule has 2 saturated heterocycles. The van der Waals surface area contributed by atoms with Gasteiger partial charge in [0.25, 0.3) is 5.91 Å². The second-order valence-electron chi connectivity index (χ2n) is 7.28. The van der Waals surface area contributed by atoms with Gasteiger partial charge in [0.15, 0.2) is 0 Å². The van der Waals surface area contributed by atoms with Crippen molar-refractivity contribution in [1.82, 2.24) is 15.5 Å². The predicted octanol–water partition coefficient (Wildman–Crippen LogP) is -0.0495. The first kappa shape index (κ1) is 15.8. The molecule has 118 valence electrons. The predicted molar refractivity (Wildman–Crippen MR) is 77.3 cm³/mol. The maximum absolute atomic E-state index is 12.3. The second-order valence-corrected chi connectivity index (χ2v) is 7.28. The standard InChI is InChI=1S/C14H24N4O3/c1-13(2,3)7-9(15)6-10(19)18-5-4-14(8-18)11(20)16-12(21)17-14/h9H,4-8,15H2,1-3H3,(H2,16,17,20,21). The molecule has 1 spiro atoms. The van der Waals surface area contributed by atoms with Crippen LogP contribution in [0.3, 0.4) is 0 Å². The van der Waals surface area contributed by atoms with Gasteiger partial charge in [-0.3, -0.25) is 14.9 Å². The zero-order valence-electron chi connectivity index (χ0n) is 12.9. The van der Waals surface area contributed by atoms with Crippen molar-refractivity contribution in [2.75, 3.05) is 13.1 Å². The van der Waals surface area contributed by atoms with Crippen molar-refractivity contribution in [3.05, 3.63) is 0 Å². The Morgan fingerprint density at radius 3 is 2.62 bits per heavy atom. The highest BCUT2D eigenvalue weighted by Crippen LogP contribution is 2.26. The molecule has 4 N–H and O–H groups in total. The minimum atomic E-state index is -0.944. The normalized spacial score (nSPS) is 27.0. The Balaban J connectivity index is 1.91. The Labute approximate surface area is 124 Å². The molecule has 2 aliphatic rings. The number of carbonyl (C=O) groups is 3. The van der Waals surface area contributed by atoms with Gasteiger partial charge in [-0.2, -0.15) is 0 Å². The molecule has 2 unspecified atom stereocenters. The number of hydrogen-bond acceptors (Lipinski definition) is 4. The van der Waals surface area contributed by atoms with E-state index >= 15 is 0 Å². The fraction of sp³-hybridized carbons (Fsp3) is 0.786. The van der Waals surface area contributed by atoms with Gasteiger partial charge in [-0.15, -0.1) is 0 Å². The van der Waals surface area contributed by atoms with E-state index in [1.807, 2.05) is 0 Å². The smallest absolute Gasteiger partial charge is 0.322 e. The van der Waals surface area contributed by atoms with Crippen molar-refractivity contribution in [1.29, 1.82) is 0 Å². The number of carbonyl (C=O) groups excluding carboxylic acids is 3. The molecule has 0 aromatic heterocycles. The molecular weight excluding hydrogens is 272 g/mol. The lowest BCUT2D eigenvalue weighted by Gasteiger charge is -2.25. The molecule has 2 aliphatic heterocycles. The van der Waals surface area contributed by atoms with Gasteiger partial charge in [-0.25, -0.2) is 4.79 Å². The zero-order valence-corrected chi connectivity index (χ0v) is 12.9. The summed E-state index contributed by atoms with van der Waals surface area (Å²) in [7, 11) is 0. The minimum absolute atomic E-state index is 0.0578. The summed E-state index contributed by atoms with van der Waals surface area (Å²) in [5, 5.41) is 4.86. The third kappa shape index (κ3) is 3.53. The Kier molecular flexibility index (Phi) is 3.97. The molecule has 21 heavy (non-hydrogen) atoms. The van der Waals surface area contributed by atoms with E-state index in [4.69, 9.17) is 5.73 Å². The number of likely N-dealkylation sites (tertiary alicyclic amines) is 1. The number of rotatable bonds is 3. The third-order valence-corrected chi connectivity index (χ3v) is 3.95. The molecule has 0 bridgehead atoms. The number of amides is 4. The van der Waals surface area contributed by atoms with Gasteiger partial charge in [0.05, 0.1) is 6.54 Å². The van der Waals surface area contributed by atoms with Crippen LogP contribution >= 0.6 is 0 Å². The van der Waals surface area contributed by atoms with Crippen molar-refractivity contribution < 1.29 is 14.4 Å². The van der Waals surface area contributed by atoms with Crippen LogP contribution in [0.4, 0.5) is 4.79 Å². The van der Waals surface area contributed by atoms with Gasteiger partial charge in [-0.1, -0.05) is 20.8 Å². The highest BCUT2D eigenvalue weighted by molar-refractivity contribution is 6.07. The first-order valence-corrected chi connectivity index (χ1v) is 7.28. The van der Waals surface area contributed by atoms with Crippen molar-refractivity contribution in [3.8, 4) is 0 Å². The van der Waals surface area contributed by atoms with Crippen LogP contribution in [0, 0.1) is 5.41 Å². The maximum atomic E-state index is 12.3. The van der Waals surface area contributed by atoms with E-state index in [9.17, 15) is 14.4 Å². The lowest BCUT2D eigenvalue weighted by Crippen LogP contribution is -2.50. The number of urea groups is 1. The van der Waals surface area contributed by atoms with E-state index in [-0.39, 0.29) is 36.2 Å². The van der Waals surface area contributed by atoms with Crippen LogP contribution in [0.15, 0.2) is 0 Å². The molecular formula is C14H24N4O3. The fourth-order valence-corrected chi connectivity index (χ4v) is 3.05. The maximum Gasteiger partial charge on any atom is 0.322 e. The van der Waals surface area contributed by atoms with E-state index in [0.29, 0.717) is 13.0 Å². The van der Waals surface area contributed by atoms with Crippen molar-refractivity contribution in [2.45, 2.75) is 51.6 Å². The summed E-state index contributed by atoms with van der Waals surface area (Å²) in [6.07, 6.45) is 1.47. The Hall–Kier alpha value is -1.63. The van der Waals surface area contributed by atoms with Gasteiger partial charge in [0.1, 0.15) is 5.54 Å². The molecule has 7 heteroatoms. The topological polar surface area (TPSA) is 105 Å². The van der Waals surface area contributed by atoms with Gasteiger partial charge in [-0.05, 0) is 18.3 Å². The highest BCUT2D eigenvalue weighted by atomic mass is 16.2. The number of imide groups is 1. The summed E-state index contributed by atoms with van der Waals surface area (Å²) in [4.78, 5) is 37.0. The van der Waals surface area contributed by atoms with Crippen LogP contribution in [-0.4, -0.2) is 47.4 Å². The van der Waals surface area contributed by atoms with Crippen molar-refractivity contribution >= 4 is 17.8 Å². The van der Waals surface area contributed by atoms with Crippen LogP contribution < -0.4 is 16.4 Å². The number of nitrogens with two attached hydrogens (primary N) is 1. The fourth-order valence-electron chi connectivity index (χ4n) is 3.05. The monoisotopic (exact) mass is 296 g/mol. The molecule has 0 aromatic rings. The van der Waals surface area contributed by atoms with Gasteiger partial charge in [0.2, 0.25) is 5.91 Å². The molecule has 2 heterocycles. The van der Waals surface area contributed by atoms with Gasteiger partial charge >= 0.3 is 6.03 Å². The average Bonchev–Trinajstić information content (AvgIpc) is 2.82. The third-order valence-electron chi connectivity index (χ3n) is 3.95. The Morgan fingerprint density at radius 1 is 1.43 bits per heavy atom. The van der Waals surface area contributed by atoms with Crippen LogP contribution in [-0.2, 0) is 9.59 Å². The van der Waals surface area contributed by atoms with Crippen LogP contribution in [0.25, 0.3) is 0 Å². The van der Waals surface area contributed by atoms with E-state index < -0.39 is 11.6 Å². The molecule has 4 amide bonds. The molecule has 0 aromatic carbocycles. The summed E-state index contributed by atoms with van der Waals surface area (Å²) in [6.45, 7) is 6.95. The van der Waals surface area contributed by atoms with Crippen molar-refractivity contribution in [3.63, 3.8) is 0 Å². The lowest BCUT2D eigenvalue weighted by atomic mass is 9.87. The molecule has 2 atom stereocenters. The molecule has 7 nitrogen and oxygen atoms in total. The van der Waals surface area contributed by atoms with E-state index in [1.165, 1.54) is 0 Å². The summed E-state index contributed by atoms with van der Waals surface area (Å²) in [5.74, 6) is -0.403. The Morgan fingerprint density at radius 2 is 2.10 bits per heavy atom. The zero-order chi connectivity index (χ0) is 15.8. The minimum Gasteiger partial charge on any atom is -0.340 e. The lowest BCUT2D eigenvalue weighted by molar-refractivity contribution is -0.131. The van der Waals surface area contributed by atoms with Crippen molar-refractivity contribution in [2.24, 2.45) is 11.1 Å². The largest absolute Gasteiger partial charge is 0.340 e. The molecule has 0 saturated carbocycles. The van der Waals surface area contributed by atoms with Gasteiger partial charge < -0.3 is 16.0 Å². The Bertz CT molecular complexity index is 471. The summed E-state index contributed by atoms with van der Waals surface area (Å²) in [6, 6.07) is -0.681. The first-order chi connectivity index (χ1) is 9.61. The molecule has 2 rings (SSSR count). The van der Waals surface area contributed by atoms with Crippen LogP contribution in [0.5, 0.6) is 0 Å².